The molecule has 5 atom stereocenters. The lowest BCUT2D eigenvalue weighted by Crippen LogP contribution is -2.61. The first-order chi connectivity index (χ1) is 9.85. The molecule has 2 rings (SSSR count). The van der Waals surface area contributed by atoms with Gasteiger partial charge in [-0.05, 0) is 0 Å². The van der Waals surface area contributed by atoms with Crippen LogP contribution in [0, 0.1) is 0 Å². The molecule has 0 radical (unpaired) electrons. The van der Waals surface area contributed by atoms with E-state index < -0.39 is 54.4 Å². The summed E-state index contributed by atoms with van der Waals surface area (Å²) < 4.78 is 5.21. The Labute approximate surface area is 116 Å². The molecule has 6 N–H and O–H groups in total. The summed E-state index contributed by atoms with van der Waals surface area (Å²) in [6, 6.07) is 0.644. The van der Waals surface area contributed by atoms with Gasteiger partial charge in [0, 0.05) is 0 Å². The van der Waals surface area contributed by atoms with Crippen LogP contribution in [0.1, 0.15) is 0 Å². The van der Waals surface area contributed by atoms with Gasteiger partial charge in [-0.25, -0.2) is 4.79 Å². The maximum Gasteiger partial charge on any atom is 0.364 e. The number of ether oxygens (including phenoxy) is 1. The van der Waals surface area contributed by atoms with Crippen LogP contribution < -0.4 is 16.1 Å². The van der Waals surface area contributed by atoms with Gasteiger partial charge in [-0.2, -0.15) is 0 Å². The average molecular weight is 306 g/mol. The molecule has 2 heterocycles. The standard InChI is InChI=1S/C10H14N2O9/c13-2-3-6(16)7(17)8(18)9(20-3)21-12-5(15)1-4(14)11-10(12)19/h1,3,6-9,13,15-18H,2H2,(H,11,14,19)/t3-,6-,7+,8-,9?/m1/s1. The maximum absolute atomic E-state index is 11.5. The van der Waals surface area contributed by atoms with Crippen molar-refractivity contribution in [1.82, 2.24) is 9.71 Å². The molecule has 0 saturated carbocycles. The van der Waals surface area contributed by atoms with Crippen molar-refractivity contribution < 1.29 is 35.1 Å². The number of aromatic hydroxyl groups is 1. The summed E-state index contributed by atoms with van der Waals surface area (Å²) in [7, 11) is 0. The first kappa shape index (κ1) is 15.5. The van der Waals surface area contributed by atoms with Crippen molar-refractivity contribution >= 4 is 0 Å². The second kappa shape index (κ2) is 5.83. The fourth-order valence-electron chi connectivity index (χ4n) is 1.83. The predicted octanol–water partition coefficient (Wildman–Crippen LogP) is -4.53. The molecule has 11 heteroatoms. The van der Waals surface area contributed by atoms with Crippen molar-refractivity contribution in [2.45, 2.75) is 30.7 Å². The number of hydrogen-bond acceptors (Lipinski definition) is 9. The van der Waals surface area contributed by atoms with Crippen molar-refractivity contribution in [2.75, 3.05) is 6.61 Å². The molecule has 0 bridgehead atoms. The van der Waals surface area contributed by atoms with Crippen molar-refractivity contribution in [1.29, 1.82) is 0 Å². The highest BCUT2D eigenvalue weighted by molar-refractivity contribution is 5.04. The molecule has 21 heavy (non-hydrogen) atoms. The van der Waals surface area contributed by atoms with Crippen LogP contribution in [0.2, 0.25) is 0 Å². The normalized spacial score (nSPS) is 32.9. The van der Waals surface area contributed by atoms with Crippen LogP contribution in [0.5, 0.6) is 5.88 Å². The second-order valence-corrected chi connectivity index (χ2v) is 4.39. The van der Waals surface area contributed by atoms with E-state index in [-0.39, 0.29) is 4.73 Å². The summed E-state index contributed by atoms with van der Waals surface area (Å²) in [6.07, 6.45) is -7.97. The third kappa shape index (κ3) is 2.91. The number of aromatic nitrogens is 2. The molecule has 1 saturated heterocycles. The third-order valence-corrected chi connectivity index (χ3v) is 2.94. The number of aromatic amines is 1. The van der Waals surface area contributed by atoms with E-state index in [1.54, 1.807) is 4.98 Å². The molecular formula is C10H14N2O9. The van der Waals surface area contributed by atoms with Crippen molar-refractivity contribution in [3.63, 3.8) is 0 Å². The summed E-state index contributed by atoms with van der Waals surface area (Å²) >= 11 is 0. The number of aliphatic hydroxyl groups excluding tert-OH is 4. The van der Waals surface area contributed by atoms with Crippen LogP contribution in [0.15, 0.2) is 15.7 Å². The van der Waals surface area contributed by atoms with Gasteiger partial charge in [0.25, 0.3) is 11.8 Å². The highest BCUT2D eigenvalue weighted by Crippen LogP contribution is 2.20. The lowest BCUT2D eigenvalue weighted by atomic mass is 9.99. The summed E-state index contributed by atoms with van der Waals surface area (Å²) in [6.45, 7) is -0.683. The molecule has 118 valence electrons. The van der Waals surface area contributed by atoms with Crippen LogP contribution in [0.25, 0.3) is 0 Å². The van der Waals surface area contributed by atoms with Crippen LogP contribution >= 0.6 is 0 Å². The van der Waals surface area contributed by atoms with E-state index in [1.807, 2.05) is 0 Å². The Hall–Kier alpha value is -1.92. The Morgan fingerprint density at radius 1 is 1.24 bits per heavy atom. The summed E-state index contributed by atoms with van der Waals surface area (Å²) in [5.41, 5.74) is -2.01. The number of hydrogen-bond donors (Lipinski definition) is 6. The highest BCUT2D eigenvalue weighted by atomic mass is 16.8. The Bertz CT molecular complexity index is 609. The minimum Gasteiger partial charge on any atom is -0.492 e. The van der Waals surface area contributed by atoms with Gasteiger partial charge < -0.3 is 35.1 Å². The van der Waals surface area contributed by atoms with Gasteiger partial charge in [-0.3, -0.25) is 9.78 Å². The van der Waals surface area contributed by atoms with Crippen molar-refractivity contribution in [3.05, 3.63) is 26.9 Å². The van der Waals surface area contributed by atoms with Gasteiger partial charge in [0.05, 0.1) is 12.7 Å². The van der Waals surface area contributed by atoms with Gasteiger partial charge in [0.1, 0.15) is 24.4 Å². The minimum absolute atomic E-state index is 0.230. The van der Waals surface area contributed by atoms with E-state index in [9.17, 15) is 30.0 Å². The highest BCUT2D eigenvalue weighted by Gasteiger charge is 2.45. The van der Waals surface area contributed by atoms with E-state index in [0.29, 0.717) is 6.07 Å². The smallest absolute Gasteiger partial charge is 0.364 e. The molecule has 11 nitrogen and oxygen atoms in total. The number of aliphatic hydroxyl groups is 4. The first-order valence-electron chi connectivity index (χ1n) is 5.88. The van der Waals surface area contributed by atoms with Crippen molar-refractivity contribution in [3.8, 4) is 5.88 Å². The van der Waals surface area contributed by atoms with E-state index >= 15 is 0 Å². The Balaban J connectivity index is 2.27. The lowest BCUT2D eigenvalue weighted by molar-refractivity contribution is -0.302. The molecule has 0 aromatic carbocycles. The molecule has 1 fully saturated rings. The van der Waals surface area contributed by atoms with Gasteiger partial charge in [0.2, 0.25) is 5.88 Å². The van der Waals surface area contributed by atoms with Crippen molar-refractivity contribution in [2.24, 2.45) is 0 Å². The molecule has 0 amide bonds. The molecule has 1 aromatic heterocycles. The molecule has 1 aliphatic rings. The van der Waals surface area contributed by atoms with Crippen LogP contribution in [0.3, 0.4) is 0 Å². The Morgan fingerprint density at radius 3 is 2.48 bits per heavy atom. The number of nitrogens with zero attached hydrogens (tertiary/aromatic N) is 1. The first-order valence-corrected chi connectivity index (χ1v) is 5.88. The van der Waals surface area contributed by atoms with Gasteiger partial charge in [-0.1, -0.05) is 4.73 Å². The quantitative estimate of drug-likeness (QED) is 0.321. The third-order valence-electron chi connectivity index (χ3n) is 2.94. The summed E-state index contributed by atoms with van der Waals surface area (Å²) in [5, 5.41) is 47.3. The van der Waals surface area contributed by atoms with Crippen LogP contribution in [0.4, 0.5) is 0 Å². The maximum atomic E-state index is 11.5. The molecule has 1 unspecified atom stereocenters. The minimum atomic E-state index is -1.76. The molecular weight excluding hydrogens is 292 g/mol. The SMILES string of the molecule is O=c1cc(O)n(OC2O[C@H](CO)[C@@H](O)[C@H](O)[C@H]2O)c(=O)[nH]1. The number of H-pyrrole nitrogens is 1. The van der Waals surface area contributed by atoms with E-state index in [2.05, 4.69) is 0 Å². The topological polar surface area (TPSA) is 174 Å². The summed E-state index contributed by atoms with van der Waals surface area (Å²) in [5.74, 6) is -0.860. The molecule has 0 spiro atoms. The largest absolute Gasteiger partial charge is 0.492 e. The zero-order valence-electron chi connectivity index (χ0n) is 10.5. The molecule has 0 aliphatic carbocycles. The Kier molecular flexibility index (Phi) is 4.29. The van der Waals surface area contributed by atoms with Crippen LogP contribution in [-0.2, 0) is 4.74 Å². The predicted molar refractivity (Wildman–Crippen MR) is 63.3 cm³/mol. The van der Waals surface area contributed by atoms with Gasteiger partial charge in [-0.15, -0.1) is 0 Å². The number of nitrogens with one attached hydrogen (secondary N) is 1. The fourth-order valence-corrected chi connectivity index (χ4v) is 1.83. The monoisotopic (exact) mass is 306 g/mol. The second-order valence-electron chi connectivity index (χ2n) is 4.39. The van der Waals surface area contributed by atoms with Gasteiger partial charge >= 0.3 is 5.69 Å². The fraction of sp³-hybridized carbons (Fsp3) is 0.600. The molecule has 1 aromatic rings. The summed E-state index contributed by atoms with van der Waals surface area (Å²) in [4.78, 5) is 29.1. The van der Waals surface area contributed by atoms with E-state index in [4.69, 9.17) is 14.7 Å². The zero-order valence-corrected chi connectivity index (χ0v) is 10.5. The number of rotatable bonds is 3. The van der Waals surface area contributed by atoms with E-state index in [1.165, 1.54) is 0 Å². The zero-order chi connectivity index (χ0) is 15.7. The van der Waals surface area contributed by atoms with Crippen LogP contribution in [-0.4, -0.2) is 72.6 Å². The average Bonchev–Trinajstić information content (AvgIpc) is 2.42. The van der Waals surface area contributed by atoms with E-state index in [0.717, 1.165) is 0 Å². The Morgan fingerprint density at radius 2 is 1.90 bits per heavy atom. The lowest BCUT2D eigenvalue weighted by Gasteiger charge is -2.39. The molecule has 1 aliphatic heterocycles. The van der Waals surface area contributed by atoms with Gasteiger partial charge in [0.15, 0.2) is 0 Å².